The molecule has 0 saturated carbocycles. The second-order valence-electron chi connectivity index (χ2n) is 4.21. The van der Waals surface area contributed by atoms with E-state index in [1.54, 1.807) is 0 Å². The quantitative estimate of drug-likeness (QED) is 0.860. The van der Waals surface area contributed by atoms with Crippen molar-refractivity contribution in [2.45, 2.75) is 19.8 Å². The van der Waals surface area contributed by atoms with Crippen LogP contribution in [0.3, 0.4) is 0 Å². The lowest BCUT2D eigenvalue weighted by atomic mass is 10.1. The Morgan fingerprint density at radius 3 is 3.00 bits per heavy atom. The summed E-state index contributed by atoms with van der Waals surface area (Å²) >= 11 is 0. The summed E-state index contributed by atoms with van der Waals surface area (Å²) in [5, 5.41) is 12.3. The van der Waals surface area contributed by atoms with Crippen LogP contribution in [-0.4, -0.2) is 17.4 Å². The van der Waals surface area contributed by atoms with Gasteiger partial charge in [-0.15, -0.1) is 0 Å². The van der Waals surface area contributed by atoms with Gasteiger partial charge in [-0.1, -0.05) is 18.2 Å². The summed E-state index contributed by atoms with van der Waals surface area (Å²) in [7, 11) is 0. The van der Waals surface area contributed by atoms with Crippen molar-refractivity contribution < 1.29 is 4.79 Å². The van der Waals surface area contributed by atoms with Gasteiger partial charge in [0.15, 0.2) is 0 Å². The number of hydrogen-bond acceptors (Lipinski definition) is 2. The van der Waals surface area contributed by atoms with Crippen LogP contribution in [0.15, 0.2) is 24.3 Å². The lowest BCUT2D eigenvalue weighted by Crippen LogP contribution is -2.24. The van der Waals surface area contributed by atoms with Crippen LogP contribution in [0.2, 0.25) is 0 Å². The average Bonchev–Trinajstić information content (AvgIpc) is 2.66. The molecule has 0 aliphatic carbocycles. The number of rotatable bonds is 4. The number of benzene rings is 1. The molecule has 18 heavy (non-hydrogen) atoms. The van der Waals surface area contributed by atoms with Crippen molar-refractivity contribution in [1.82, 2.24) is 10.3 Å². The molecule has 0 spiro atoms. The predicted octanol–water partition coefficient (Wildman–Crippen LogP) is 2.05. The van der Waals surface area contributed by atoms with E-state index < -0.39 is 0 Å². The fourth-order valence-corrected chi connectivity index (χ4v) is 2.12. The van der Waals surface area contributed by atoms with Gasteiger partial charge < -0.3 is 10.3 Å². The molecule has 0 unspecified atom stereocenters. The van der Waals surface area contributed by atoms with Gasteiger partial charge >= 0.3 is 0 Å². The first kappa shape index (κ1) is 12.2. The molecular weight excluding hydrogens is 226 g/mol. The van der Waals surface area contributed by atoms with Gasteiger partial charge in [0, 0.05) is 23.1 Å². The number of hydrogen-bond donors (Lipinski definition) is 2. The van der Waals surface area contributed by atoms with Gasteiger partial charge in [-0.05, 0) is 25.0 Å². The second-order valence-corrected chi connectivity index (χ2v) is 4.21. The van der Waals surface area contributed by atoms with Gasteiger partial charge in [-0.25, -0.2) is 0 Å². The Kier molecular flexibility index (Phi) is 3.63. The van der Waals surface area contributed by atoms with Crippen molar-refractivity contribution in [3.8, 4) is 6.07 Å². The molecular formula is C14H15N3O. The van der Waals surface area contributed by atoms with Crippen LogP contribution >= 0.6 is 0 Å². The molecule has 0 aliphatic rings. The minimum absolute atomic E-state index is 0.0765. The number of H-pyrrole nitrogens is 1. The van der Waals surface area contributed by atoms with Crippen molar-refractivity contribution in [2.75, 3.05) is 6.54 Å². The first-order valence-electron chi connectivity index (χ1n) is 5.92. The molecule has 4 heteroatoms. The molecule has 2 aromatic rings. The molecule has 2 rings (SSSR count). The standard InChI is InChI=1S/C14H15N3O/c1-10-11(7-9-16-14(18)6-8-15)12-4-2-3-5-13(12)17-10/h2-5,17H,6-7,9H2,1H3,(H,16,18). The molecule has 1 aromatic heterocycles. The second kappa shape index (κ2) is 5.37. The normalized spacial score (nSPS) is 10.2. The van der Waals surface area contributed by atoms with Gasteiger partial charge in [0.05, 0.1) is 6.07 Å². The summed E-state index contributed by atoms with van der Waals surface area (Å²) in [5.74, 6) is -0.213. The van der Waals surface area contributed by atoms with Crippen LogP contribution in [0, 0.1) is 18.3 Å². The topological polar surface area (TPSA) is 68.7 Å². The molecule has 0 bridgehead atoms. The summed E-state index contributed by atoms with van der Waals surface area (Å²) in [6.45, 7) is 2.59. The molecule has 4 nitrogen and oxygen atoms in total. The summed E-state index contributed by atoms with van der Waals surface area (Å²) in [6.07, 6.45) is 0.694. The molecule has 1 heterocycles. The number of nitrogens with one attached hydrogen (secondary N) is 2. The maximum atomic E-state index is 11.2. The van der Waals surface area contributed by atoms with Crippen LogP contribution < -0.4 is 5.32 Å². The largest absolute Gasteiger partial charge is 0.358 e. The van der Waals surface area contributed by atoms with E-state index in [9.17, 15) is 4.79 Å². The number of fused-ring (bicyclic) bond motifs is 1. The van der Waals surface area contributed by atoms with E-state index in [0.717, 1.165) is 17.6 Å². The molecule has 0 aliphatic heterocycles. The highest BCUT2D eigenvalue weighted by molar-refractivity contribution is 5.84. The summed E-state index contributed by atoms with van der Waals surface area (Å²) in [6, 6.07) is 9.95. The zero-order valence-electron chi connectivity index (χ0n) is 10.3. The van der Waals surface area contributed by atoms with Crippen LogP contribution in [-0.2, 0) is 11.2 Å². The third-order valence-electron chi connectivity index (χ3n) is 2.96. The number of aryl methyl sites for hydroxylation is 1. The van der Waals surface area contributed by atoms with Crippen molar-refractivity contribution >= 4 is 16.8 Å². The molecule has 1 aromatic carbocycles. The highest BCUT2D eigenvalue weighted by Crippen LogP contribution is 2.21. The maximum absolute atomic E-state index is 11.2. The molecule has 2 N–H and O–H groups in total. The highest BCUT2D eigenvalue weighted by atomic mass is 16.1. The van der Waals surface area contributed by atoms with Crippen LogP contribution in [0.25, 0.3) is 10.9 Å². The van der Waals surface area contributed by atoms with Crippen molar-refractivity contribution in [2.24, 2.45) is 0 Å². The number of aromatic amines is 1. The lowest BCUT2D eigenvalue weighted by Gasteiger charge is -2.03. The van der Waals surface area contributed by atoms with E-state index in [1.165, 1.54) is 10.9 Å². The highest BCUT2D eigenvalue weighted by Gasteiger charge is 2.07. The smallest absolute Gasteiger partial charge is 0.234 e. The van der Waals surface area contributed by atoms with E-state index in [2.05, 4.69) is 16.4 Å². The number of aromatic nitrogens is 1. The number of para-hydroxylation sites is 1. The van der Waals surface area contributed by atoms with E-state index in [4.69, 9.17) is 5.26 Å². The molecule has 92 valence electrons. The minimum Gasteiger partial charge on any atom is -0.358 e. The lowest BCUT2D eigenvalue weighted by molar-refractivity contribution is -0.120. The van der Waals surface area contributed by atoms with E-state index in [-0.39, 0.29) is 12.3 Å². The Morgan fingerprint density at radius 1 is 1.44 bits per heavy atom. The Morgan fingerprint density at radius 2 is 2.22 bits per heavy atom. The third kappa shape index (κ3) is 2.51. The Bertz CT molecular complexity index is 607. The van der Waals surface area contributed by atoms with Crippen molar-refractivity contribution in [3.05, 3.63) is 35.5 Å². The molecule has 0 fully saturated rings. The number of carbonyl (C=O) groups excluding carboxylic acids is 1. The number of amides is 1. The molecule has 0 atom stereocenters. The average molecular weight is 241 g/mol. The first-order valence-corrected chi connectivity index (χ1v) is 5.92. The monoisotopic (exact) mass is 241 g/mol. The zero-order valence-corrected chi connectivity index (χ0v) is 10.3. The Balaban J connectivity index is 2.06. The van der Waals surface area contributed by atoms with Crippen LogP contribution in [0.4, 0.5) is 0 Å². The molecule has 0 saturated heterocycles. The fraction of sp³-hybridized carbons (Fsp3) is 0.286. The van der Waals surface area contributed by atoms with E-state index in [1.807, 2.05) is 31.2 Å². The number of carbonyl (C=O) groups is 1. The van der Waals surface area contributed by atoms with E-state index >= 15 is 0 Å². The predicted molar refractivity (Wildman–Crippen MR) is 70.0 cm³/mol. The SMILES string of the molecule is Cc1[nH]c2ccccc2c1CCNC(=O)CC#N. The summed E-state index contributed by atoms with van der Waals surface area (Å²) in [4.78, 5) is 14.5. The summed E-state index contributed by atoms with van der Waals surface area (Å²) in [5.41, 5.74) is 3.47. The van der Waals surface area contributed by atoms with Gasteiger partial charge in [0.1, 0.15) is 6.42 Å². The van der Waals surface area contributed by atoms with E-state index in [0.29, 0.717) is 6.54 Å². The maximum Gasteiger partial charge on any atom is 0.234 e. The first-order chi connectivity index (χ1) is 8.72. The zero-order chi connectivity index (χ0) is 13.0. The van der Waals surface area contributed by atoms with Gasteiger partial charge in [-0.2, -0.15) is 5.26 Å². The number of nitrogens with zero attached hydrogens (tertiary/aromatic N) is 1. The third-order valence-corrected chi connectivity index (χ3v) is 2.96. The van der Waals surface area contributed by atoms with Gasteiger partial charge in [0.2, 0.25) is 5.91 Å². The summed E-state index contributed by atoms with van der Waals surface area (Å²) < 4.78 is 0. The Labute approximate surface area is 106 Å². The minimum atomic E-state index is -0.213. The Hall–Kier alpha value is -2.28. The number of nitriles is 1. The fourth-order valence-electron chi connectivity index (χ4n) is 2.12. The van der Waals surface area contributed by atoms with Crippen molar-refractivity contribution in [3.63, 3.8) is 0 Å². The van der Waals surface area contributed by atoms with Crippen LogP contribution in [0.1, 0.15) is 17.7 Å². The molecule has 1 amide bonds. The van der Waals surface area contributed by atoms with Gasteiger partial charge in [0.25, 0.3) is 0 Å². The van der Waals surface area contributed by atoms with Crippen molar-refractivity contribution in [1.29, 1.82) is 5.26 Å². The van der Waals surface area contributed by atoms with Gasteiger partial charge in [-0.3, -0.25) is 4.79 Å². The molecule has 0 radical (unpaired) electrons. The van der Waals surface area contributed by atoms with Crippen LogP contribution in [0.5, 0.6) is 0 Å².